The largest absolute Gasteiger partial charge is 0.346 e. The van der Waals surface area contributed by atoms with Crippen LogP contribution in [0.1, 0.15) is 63.0 Å². The van der Waals surface area contributed by atoms with E-state index in [0.717, 1.165) is 23.0 Å². The molecule has 18 heavy (non-hydrogen) atoms. The van der Waals surface area contributed by atoms with Crippen molar-refractivity contribution in [2.45, 2.75) is 58.0 Å². The highest BCUT2D eigenvalue weighted by Crippen LogP contribution is 2.37. The molecule has 1 aliphatic carbocycles. The van der Waals surface area contributed by atoms with Crippen LogP contribution in [0.15, 0.2) is 16.7 Å². The van der Waals surface area contributed by atoms with Gasteiger partial charge in [0.15, 0.2) is 0 Å². The minimum absolute atomic E-state index is 0.0334. The van der Waals surface area contributed by atoms with Crippen LogP contribution in [0, 0.1) is 0 Å². The lowest BCUT2D eigenvalue weighted by molar-refractivity contribution is 0.0899. The van der Waals surface area contributed by atoms with Crippen LogP contribution in [0.4, 0.5) is 0 Å². The second-order valence-electron chi connectivity index (χ2n) is 5.77. The number of hydrogen-bond donors (Lipinski definition) is 1. The third-order valence-electron chi connectivity index (χ3n) is 3.32. The molecule has 0 saturated heterocycles. The van der Waals surface area contributed by atoms with Gasteiger partial charge in [-0.2, -0.15) is 0 Å². The fourth-order valence-electron chi connectivity index (χ4n) is 2.34. The molecule has 1 fully saturated rings. The molecule has 0 aromatic carbocycles. The minimum atomic E-state index is -0.142. The molecule has 1 aromatic heterocycles. The lowest BCUT2D eigenvalue weighted by atomic mass is 9.99. The maximum absolute atomic E-state index is 12.3. The molecule has 0 spiro atoms. The summed E-state index contributed by atoms with van der Waals surface area (Å²) in [5, 5.41) is 3.13. The average molecular weight is 313 g/mol. The zero-order valence-corrected chi connectivity index (χ0v) is 12.9. The molecule has 0 unspecified atom stereocenters. The third kappa shape index (κ3) is 3.16. The molecule has 0 aliphatic heterocycles. The number of halogens is 1. The first-order valence-electron chi connectivity index (χ1n) is 6.63. The number of rotatable bonds is 5. The molecule has 0 radical (unpaired) electrons. The summed E-state index contributed by atoms with van der Waals surface area (Å²) in [5.41, 5.74) is 0.630. The van der Waals surface area contributed by atoms with E-state index in [1.165, 1.54) is 12.8 Å². The van der Waals surface area contributed by atoms with E-state index in [2.05, 4.69) is 46.6 Å². The lowest BCUT2D eigenvalue weighted by Crippen LogP contribution is -2.43. The molecule has 1 aliphatic rings. The number of carbonyl (C=O) groups excluding carboxylic acids is 1. The van der Waals surface area contributed by atoms with Crippen molar-refractivity contribution in [2.24, 2.45) is 0 Å². The van der Waals surface area contributed by atoms with E-state index in [4.69, 9.17) is 0 Å². The van der Waals surface area contributed by atoms with Gasteiger partial charge >= 0.3 is 0 Å². The fraction of sp³-hybridized carbons (Fsp3) is 0.643. The Morgan fingerprint density at radius 3 is 2.78 bits per heavy atom. The maximum Gasteiger partial charge on any atom is 0.268 e. The van der Waals surface area contributed by atoms with Crippen LogP contribution in [-0.4, -0.2) is 16.0 Å². The van der Waals surface area contributed by atoms with Crippen molar-refractivity contribution in [1.29, 1.82) is 0 Å². The predicted molar refractivity (Wildman–Crippen MR) is 76.9 cm³/mol. The SMILES string of the molecule is CCCC(C)(C)NC(=O)c1cc(Br)cn1C1CC1. The van der Waals surface area contributed by atoms with Crippen LogP contribution >= 0.6 is 15.9 Å². The van der Waals surface area contributed by atoms with Crippen molar-refractivity contribution < 1.29 is 4.79 Å². The summed E-state index contributed by atoms with van der Waals surface area (Å²) in [5.74, 6) is 0.0334. The van der Waals surface area contributed by atoms with Crippen LogP contribution in [-0.2, 0) is 0 Å². The van der Waals surface area contributed by atoms with E-state index >= 15 is 0 Å². The quantitative estimate of drug-likeness (QED) is 0.879. The molecular formula is C14H21BrN2O. The van der Waals surface area contributed by atoms with Crippen molar-refractivity contribution in [3.8, 4) is 0 Å². The summed E-state index contributed by atoms with van der Waals surface area (Å²) < 4.78 is 3.08. The second kappa shape index (κ2) is 5.08. The number of amides is 1. The highest BCUT2D eigenvalue weighted by atomic mass is 79.9. The number of nitrogens with one attached hydrogen (secondary N) is 1. The summed E-state index contributed by atoms with van der Waals surface area (Å²) in [6.45, 7) is 6.29. The number of nitrogens with zero attached hydrogens (tertiary/aromatic N) is 1. The summed E-state index contributed by atoms with van der Waals surface area (Å²) in [4.78, 5) is 12.3. The number of hydrogen-bond acceptors (Lipinski definition) is 1. The predicted octanol–water partition coefficient (Wildman–Crippen LogP) is 3.89. The van der Waals surface area contributed by atoms with Gasteiger partial charge in [0.1, 0.15) is 5.69 Å². The van der Waals surface area contributed by atoms with Crippen LogP contribution in [0.5, 0.6) is 0 Å². The summed E-state index contributed by atoms with van der Waals surface area (Å²) in [7, 11) is 0. The van der Waals surface area contributed by atoms with E-state index in [0.29, 0.717) is 6.04 Å². The lowest BCUT2D eigenvalue weighted by Gasteiger charge is -2.26. The minimum Gasteiger partial charge on any atom is -0.346 e. The van der Waals surface area contributed by atoms with Crippen molar-refractivity contribution >= 4 is 21.8 Å². The molecule has 100 valence electrons. The normalized spacial score (nSPS) is 15.8. The molecule has 2 rings (SSSR count). The van der Waals surface area contributed by atoms with Gasteiger partial charge in [-0.25, -0.2) is 0 Å². The van der Waals surface area contributed by atoms with E-state index in [1.807, 2.05) is 12.3 Å². The Balaban J connectivity index is 2.13. The maximum atomic E-state index is 12.3. The Kier molecular flexibility index (Phi) is 3.85. The molecule has 1 amide bonds. The van der Waals surface area contributed by atoms with Gasteiger partial charge in [0, 0.05) is 22.3 Å². The summed E-state index contributed by atoms with van der Waals surface area (Å²) >= 11 is 3.46. The van der Waals surface area contributed by atoms with Gasteiger partial charge in [-0.3, -0.25) is 4.79 Å². The fourth-order valence-corrected chi connectivity index (χ4v) is 2.78. The zero-order valence-electron chi connectivity index (χ0n) is 11.3. The Morgan fingerprint density at radius 1 is 1.56 bits per heavy atom. The van der Waals surface area contributed by atoms with E-state index in [-0.39, 0.29) is 11.4 Å². The Hall–Kier alpha value is -0.770. The van der Waals surface area contributed by atoms with Gasteiger partial charge in [0.2, 0.25) is 0 Å². The molecule has 0 atom stereocenters. The Morgan fingerprint density at radius 2 is 2.22 bits per heavy atom. The highest BCUT2D eigenvalue weighted by molar-refractivity contribution is 9.10. The summed E-state index contributed by atoms with van der Waals surface area (Å²) in [6.07, 6.45) is 6.43. The third-order valence-corrected chi connectivity index (χ3v) is 3.75. The molecule has 1 saturated carbocycles. The van der Waals surface area contributed by atoms with Crippen LogP contribution in [0.2, 0.25) is 0 Å². The molecule has 1 heterocycles. The summed E-state index contributed by atoms with van der Waals surface area (Å²) in [6, 6.07) is 2.43. The molecule has 4 heteroatoms. The van der Waals surface area contributed by atoms with Crippen LogP contribution in [0.3, 0.4) is 0 Å². The average Bonchev–Trinajstić information content (AvgIpc) is 3.01. The Labute approximate surface area is 117 Å². The van der Waals surface area contributed by atoms with Gasteiger partial charge in [-0.15, -0.1) is 0 Å². The standard InChI is InChI=1S/C14H21BrN2O/c1-4-7-14(2,3)16-13(18)12-8-10(15)9-17(12)11-5-6-11/h8-9,11H,4-7H2,1-3H3,(H,16,18). The number of carbonyl (C=O) groups is 1. The monoisotopic (exact) mass is 312 g/mol. The smallest absolute Gasteiger partial charge is 0.268 e. The first-order chi connectivity index (χ1) is 8.43. The van der Waals surface area contributed by atoms with Gasteiger partial charge < -0.3 is 9.88 Å². The number of aromatic nitrogens is 1. The van der Waals surface area contributed by atoms with Crippen molar-refractivity contribution in [1.82, 2.24) is 9.88 Å². The van der Waals surface area contributed by atoms with E-state index in [9.17, 15) is 4.79 Å². The van der Waals surface area contributed by atoms with Gasteiger partial charge in [0.05, 0.1) is 0 Å². The van der Waals surface area contributed by atoms with Crippen molar-refractivity contribution in [3.05, 3.63) is 22.4 Å². The molecule has 0 bridgehead atoms. The first-order valence-corrected chi connectivity index (χ1v) is 7.42. The van der Waals surface area contributed by atoms with Gasteiger partial charge in [-0.05, 0) is 55.1 Å². The molecule has 1 N–H and O–H groups in total. The molecule has 1 aromatic rings. The van der Waals surface area contributed by atoms with E-state index < -0.39 is 0 Å². The topological polar surface area (TPSA) is 34.0 Å². The highest BCUT2D eigenvalue weighted by Gasteiger charge is 2.29. The molecular weight excluding hydrogens is 292 g/mol. The molecule has 3 nitrogen and oxygen atoms in total. The van der Waals surface area contributed by atoms with Gasteiger partial charge in [-0.1, -0.05) is 13.3 Å². The van der Waals surface area contributed by atoms with Crippen LogP contribution in [0.25, 0.3) is 0 Å². The second-order valence-corrected chi connectivity index (χ2v) is 6.69. The first kappa shape index (κ1) is 13.7. The van der Waals surface area contributed by atoms with E-state index in [1.54, 1.807) is 0 Å². The zero-order chi connectivity index (χ0) is 13.3. The van der Waals surface area contributed by atoms with Crippen molar-refractivity contribution in [3.63, 3.8) is 0 Å². The van der Waals surface area contributed by atoms with Crippen molar-refractivity contribution in [2.75, 3.05) is 0 Å². The van der Waals surface area contributed by atoms with Gasteiger partial charge in [0.25, 0.3) is 5.91 Å². The van der Waals surface area contributed by atoms with Crippen LogP contribution < -0.4 is 5.32 Å². The Bertz CT molecular complexity index is 447.